The maximum Gasteiger partial charge on any atom is 0.158 e. The van der Waals surface area contributed by atoms with E-state index in [4.69, 9.17) is 10.8 Å². The monoisotopic (exact) mass is 359 g/mol. The smallest absolute Gasteiger partial charge is 0.158 e. The highest BCUT2D eigenvalue weighted by atomic mass is 19.1. The lowest BCUT2D eigenvalue weighted by molar-refractivity contribution is 0.589. The second kappa shape index (κ2) is 6.16. The molecule has 0 amide bonds. The van der Waals surface area contributed by atoms with Gasteiger partial charge in [0.2, 0.25) is 0 Å². The molecule has 0 spiro atoms. The summed E-state index contributed by atoms with van der Waals surface area (Å²) in [6.07, 6.45) is 5.93. The van der Waals surface area contributed by atoms with Gasteiger partial charge in [-0.15, -0.1) is 0 Å². The fraction of sp³-hybridized carbons (Fsp3) is 0.190. The topological polar surface area (TPSA) is 69.6 Å². The third kappa shape index (κ3) is 2.83. The summed E-state index contributed by atoms with van der Waals surface area (Å²) in [4.78, 5) is 9.05. The number of pyridine rings is 2. The third-order valence-corrected chi connectivity index (χ3v) is 5.01. The molecular formula is C21H18FN5. The van der Waals surface area contributed by atoms with Gasteiger partial charge in [-0.25, -0.2) is 14.1 Å². The first-order valence-corrected chi connectivity index (χ1v) is 9.01. The Morgan fingerprint density at radius 2 is 1.96 bits per heavy atom. The number of nitrogen functional groups attached to an aromatic ring is 1. The number of fused-ring (bicyclic) bond motifs is 1. The van der Waals surface area contributed by atoms with E-state index in [1.807, 2.05) is 30.5 Å². The molecule has 0 saturated heterocycles. The predicted molar refractivity (Wildman–Crippen MR) is 103 cm³/mol. The minimum Gasteiger partial charge on any atom is -0.398 e. The van der Waals surface area contributed by atoms with Crippen molar-refractivity contribution >= 4 is 16.7 Å². The average Bonchev–Trinajstić information content (AvgIpc) is 3.46. The second-order valence-corrected chi connectivity index (χ2v) is 6.94. The average molecular weight is 359 g/mol. The molecule has 1 aromatic carbocycles. The minimum atomic E-state index is -0.255. The van der Waals surface area contributed by atoms with Crippen LogP contribution >= 0.6 is 0 Å². The Bertz CT molecular complexity index is 1150. The number of halogens is 1. The largest absolute Gasteiger partial charge is 0.398 e. The van der Waals surface area contributed by atoms with Gasteiger partial charge in [-0.2, -0.15) is 5.10 Å². The maximum absolute atomic E-state index is 14.1. The molecule has 5 rings (SSSR count). The SMILES string of the molecule is Nc1cc(-c2nn(Cc3ccccc3F)c3ncccc23)ncc1C1CC1. The van der Waals surface area contributed by atoms with Crippen LogP contribution in [0, 0.1) is 5.82 Å². The number of anilines is 1. The second-order valence-electron chi connectivity index (χ2n) is 6.94. The molecule has 5 nitrogen and oxygen atoms in total. The van der Waals surface area contributed by atoms with Gasteiger partial charge in [0, 0.05) is 29.0 Å². The van der Waals surface area contributed by atoms with Crippen LogP contribution in [0.1, 0.15) is 29.9 Å². The number of nitrogens with zero attached hydrogens (tertiary/aromatic N) is 4. The summed E-state index contributed by atoms with van der Waals surface area (Å²) >= 11 is 0. The van der Waals surface area contributed by atoms with E-state index in [0.717, 1.165) is 16.6 Å². The summed E-state index contributed by atoms with van der Waals surface area (Å²) in [6, 6.07) is 12.4. The molecule has 1 fully saturated rings. The lowest BCUT2D eigenvalue weighted by Crippen LogP contribution is -2.04. The van der Waals surface area contributed by atoms with E-state index in [-0.39, 0.29) is 5.82 Å². The molecule has 0 atom stereocenters. The Kier molecular flexibility index (Phi) is 3.63. The van der Waals surface area contributed by atoms with E-state index >= 15 is 0 Å². The molecule has 2 N–H and O–H groups in total. The van der Waals surface area contributed by atoms with Gasteiger partial charge < -0.3 is 5.73 Å². The molecule has 1 aliphatic rings. The van der Waals surface area contributed by atoms with Crippen molar-refractivity contribution in [2.45, 2.75) is 25.3 Å². The lowest BCUT2D eigenvalue weighted by atomic mass is 10.1. The maximum atomic E-state index is 14.1. The van der Waals surface area contributed by atoms with Gasteiger partial charge in [-0.05, 0) is 48.6 Å². The van der Waals surface area contributed by atoms with Gasteiger partial charge in [-0.3, -0.25) is 4.98 Å². The summed E-state index contributed by atoms with van der Waals surface area (Å²) in [5.74, 6) is 0.290. The van der Waals surface area contributed by atoms with Crippen molar-refractivity contribution in [2.75, 3.05) is 5.73 Å². The van der Waals surface area contributed by atoms with Crippen LogP contribution in [-0.4, -0.2) is 19.7 Å². The van der Waals surface area contributed by atoms with E-state index in [2.05, 4.69) is 9.97 Å². The zero-order valence-electron chi connectivity index (χ0n) is 14.6. The highest BCUT2D eigenvalue weighted by Crippen LogP contribution is 2.43. The molecule has 3 heterocycles. The molecule has 134 valence electrons. The number of hydrogen-bond acceptors (Lipinski definition) is 4. The summed E-state index contributed by atoms with van der Waals surface area (Å²) in [5, 5.41) is 5.57. The quantitative estimate of drug-likeness (QED) is 0.594. The van der Waals surface area contributed by atoms with Gasteiger partial charge in [0.1, 0.15) is 11.5 Å². The van der Waals surface area contributed by atoms with Gasteiger partial charge in [0.25, 0.3) is 0 Å². The van der Waals surface area contributed by atoms with Gasteiger partial charge in [-0.1, -0.05) is 18.2 Å². The van der Waals surface area contributed by atoms with E-state index in [0.29, 0.717) is 35.1 Å². The minimum absolute atomic E-state index is 0.255. The number of aromatic nitrogens is 4. The van der Waals surface area contributed by atoms with E-state index in [1.54, 1.807) is 23.0 Å². The summed E-state index contributed by atoms with van der Waals surface area (Å²) in [7, 11) is 0. The van der Waals surface area contributed by atoms with Crippen molar-refractivity contribution in [1.82, 2.24) is 19.7 Å². The van der Waals surface area contributed by atoms with Crippen LogP contribution in [0.4, 0.5) is 10.1 Å². The first-order chi connectivity index (χ1) is 13.2. The van der Waals surface area contributed by atoms with Gasteiger partial charge >= 0.3 is 0 Å². The molecule has 0 aliphatic heterocycles. The van der Waals surface area contributed by atoms with Crippen LogP contribution in [-0.2, 0) is 6.54 Å². The van der Waals surface area contributed by atoms with Crippen molar-refractivity contribution in [3.63, 3.8) is 0 Å². The Balaban J connectivity index is 1.61. The molecule has 6 heteroatoms. The predicted octanol–water partition coefficient (Wildman–Crippen LogP) is 4.14. The van der Waals surface area contributed by atoms with Crippen LogP contribution in [0.2, 0.25) is 0 Å². The number of hydrogen-bond donors (Lipinski definition) is 1. The fourth-order valence-corrected chi connectivity index (χ4v) is 3.44. The fourth-order valence-electron chi connectivity index (χ4n) is 3.44. The van der Waals surface area contributed by atoms with Crippen molar-refractivity contribution in [3.8, 4) is 11.4 Å². The number of rotatable bonds is 4. The summed E-state index contributed by atoms with van der Waals surface area (Å²) in [6.45, 7) is 0.301. The first-order valence-electron chi connectivity index (χ1n) is 9.01. The third-order valence-electron chi connectivity index (χ3n) is 5.01. The zero-order chi connectivity index (χ0) is 18.4. The molecule has 1 aliphatic carbocycles. The van der Waals surface area contributed by atoms with Crippen molar-refractivity contribution in [2.24, 2.45) is 0 Å². The molecule has 27 heavy (non-hydrogen) atoms. The van der Waals surface area contributed by atoms with Crippen molar-refractivity contribution in [3.05, 3.63) is 71.8 Å². The zero-order valence-corrected chi connectivity index (χ0v) is 14.6. The highest BCUT2D eigenvalue weighted by Gasteiger charge is 2.26. The standard InChI is InChI=1S/C21H18FN5/c22-17-6-2-1-4-14(17)12-27-21-15(5-3-9-24-21)20(26-27)19-10-18(23)16(11-25-19)13-7-8-13/h1-6,9-11,13H,7-8,12H2,(H2,23,25). The van der Waals surface area contributed by atoms with Crippen molar-refractivity contribution in [1.29, 1.82) is 0 Å². The van der Waals surface area contributed by atoms with Gasteiger partial charge in [0.15, 0.2) is 5.65 Å². The van der Waals surface area contributed by atoms with Crippen molar-refractivity contribution < 1.29 is 4.39 Å². The van der Waals surface area contributed by atoms with Crippen LogP contribution in [0.25, 0.3) is 22.4 Å². The van der Waals surface area contributed by atoms with Crippen LogP contribution < -0.4 is 5.73 Å². The Morgan fingerprint density at radius 1 is 1.11 bits per heavy atom. The Labute approximate surface area is 155 Å². The van der Waals surface area contributed by atoms with Crippen LogP contribution in [0.15, 0.2) is 54.9 Å². The number of benzene rings is 1. The lowest BCUT2D eigenvalue weighted by Gasteiger charge is -2.05. The van der Waals surface area contributed by atoms with Crippen LogP contribution in [0.5, 0.6) is 0 Å². The normalized spacial score (nSPS) is 14.0. The van der Waals surface area contributed by atoms with Crippen LogP contribution in [0.3, 0.4) is 0 Å². The first kappa shape index (κ1) is 15.9. The van der Waals surface area contributed by atoms with E-state index in [1.165, 1.54) is 18.9 Å². The van der Waals surface area contributed by atoms with Gasteiger partial charge in [0.05, 0.1) is 12.2 Å². The molecule has 1 saturated carbocycles. The molecule has 0 bridgehead atoms. The summed E-state index contributed by atoms with van der Waals surface area (Å²) in [5.41, 5.74) is 10.8. The molecular weight excluding hydrogens is 341 g/mol. The molecule has 3 aromatic heterocycles. The van der Waals surface area contributed by atoms with E-state index < -0.39 is 0 Å². The molecule has 4 aromatic rings. The molecule has 0 unspecified atom stereocenters. The summed E-state index contributed by atoms with van der Waals surface area (Å²) < 4.78 is 15.8. The Hall–Kier alpha value is -3.28. The molecule has 0 radical (unpaired) electrons. The Morgan fingerprint density at radius 3 is 2.74 bits per heavy atom. The highest BCUT2D eigenvalue weighted by molar-refractivity contribution is 5.90. The van der Waals surface area contributed by atoms with E-state index in [9.17, 15) is 4.39 Å². The number of nitrogens with two attached hydrogens (primary N) is 1.